The van der Waals surface area contributed by atoms with Crippen molar-refractivity contribution in [2.45, 2.75) is 0 Å². The minimum Gasteiger partial charge on any atom is -0.353 e. The molecule has 70 valence electrons. The number of nitrogens with one attached hydrogen (secondary N) is 1. The number of pyridine rings is 1. The highest BCUT2D eigenvalue weighted by molar-refractivity contribution is 6.04. The number of nitriles is 1. The monoisotopic (exact) mass is 193 g/mol. The van der Waals surface area contributed by atoms with Crippen molar-refractivity contribution >= 4 is 21.9 Å². The van der Waals surface area contributed by atoms with Crippen LogP contribution in [0.2, 0.25) is 0 Å². The van der Waals surface area contributed by atoms with Crippen molar-refractivity contribution < 1.29 is 0 Å². The second kappa shape index (κ2) is 2.82. The molecular weight excluding hydrogens is 186 g/mol. The Morgan fingerprint density at radius 2 is 1.93 bits per heavy atom. The lowest BCUT2D eigenvalue weighted by atomic mass is 10.2. The van der Waals surface area contributed by atoms with Gasteiger partial charge in [-0.3, -0.25) is 0 Å². The quantitative estimate of drug-likeness (QED) is 0.596. The number of aromatic nitrogens is 2. The third-order valence-electron chi connectivity index (χ3n) is 2.46. The summed E-state index contributed by atoms with van der Waals surface area (Å²) in [6.07, 6.45) is 0. The van der Waals surface area contributed by atoms with Crippen LogP contribution in [0.15, 0.2) is 36.4 Å². The zero-order valence-electron chi connectivity index (χ0n) is 7.86. The van der Waals surface area contributed by atoms with E-state index in [1.807, 2.05) is 36.4 Å². The lowest BCUT2D eigenvalue weighted by Gasteiger charge is -1.90. The number of hydrogen-bond acceptors (Lipinski definition) is 2. The summed E-state index contributed by atoms with van der Waals surface area (Å²) in [6.45, 7) is 0. The smallest absolute Gasteiger partial charge is 0.141 e. The number of benzene rings is 1. The van der Waals surface area contributed by atoms with Crippen LogP contribution in [0.5, 0.6) is 0 Å². The Balaban J connectivity index is 2.53. The number of fused-ring (bicyclic) bond motifs is 3. The molecule has 0 bridgehead atoms. The van der Waals surface area contributed by atoms with E-state index in [1.54, 1.807) is 6.07 Å². The fourth-order valence-corrected chi connectivity index (χ4v) is 1.77. The second-order valence-corrected chi connectivity index (χ2v) is 3.38. The Kier molecular flexibility index (Phi) is 1.51. The molecule has 15 heavy (non-hydrogen) atoms. The van der Waals surface area contributed by atoms with E-state index in [4.69, 9.17) is 5.26 Å². The van der Waals surface area contributed by atoms with Gasteiger partial charge >= 0.3 is 0 Å². The summed E-state index contributed by atoms with van der Waals surface area (Å²) >= 11 is 0. The fraction of sp³-hybridized carbons (Fsp3) is 0. The van der Waals surface area contributed by atoms with Gasteiger partial charge in [-0.15, -0.1) is 0 Å². The van der Waals surface area contributed by atoms with Gasteiger partial charge in [0.05, 0.1) is 11.0 Å². The first kappa shape index (κ1) is 8.01. The molecule has 3 aromatic rings. The summed E-state index contributed by atoms with van der Waals surface area (Å²) in [7, 11) is 0. The van der Waals surface area contributed by atoms with E-state index in [9.17, 15) is 0 Å². The van der Waals surface area contributed by atoms with Crippen molar-refractivity contribution in [2.75, 3.05) is 0 Å². The van der Waals surface area contributed by atoms with Crippen molar-refractivity contribution in [2.24, 2.45) is 0 Å². The third-order valence-corrected chi connectivity index (χ3v) is 2.46. The molecule has 2 heterocycles. The average molecular weight is 193 g/mol. The molecule has 0 aliphatic carbocycles. The van der Waals surface area contributed by atoms with Gasteiger partial charge in [0.2, 0.25) is 0 Å². The summed E-state index contributed by atoms with van der Waals surface area (Å²) in [5, 5.41) is 9.84. The summed E-state index contributed by atoms with van der Waals surface area (Å²) in [5.41, 5.74) is 3.34. The van der Waals surface area contributed by atoms with Gasteiger partial charge in [-0.2, -0.15) is 5.26 Å². The summed E-state index contributed by atoms with van der Waals surface area (Å²) in [6, 6.07) is 13.6. The van der Waals surface area contributed by atoms with E-state index in [0.717, 1.165) is 21.9 Å². The number of rotatable bonds is 0. The lowest BCUT2D eigenvalue weighted by molar-refractivity contribution is 1.33. The van der Waals surface area contributed by atoms with Gasteiger partial charge in [-0.1, -0.05) is 18.2 Å². The largest absolute Gasteiger partial charge is 0.353 e. The maximum atomic E-state index is 8.78. The highest BCUT2D eigenvalue weighted by Gasteiger charge is 2.04. The molecule has 0 unspecified atom stereocenters. The van der Waals surface area contributed by atoms with Gasteiger partial charge < -0.3 is 4.98 Å². The molecule has 3 rings (SSSR count). The highest BCUT2D eigenvalue weighted by atomic mass is 14.8. The van der Waals surface area contributed by atoms with Crippen LogP contribution in [0, 0.1) is 11.3 Å². The van der Waals surface area contributed by atoms with Crippen LogP contribution in [0.25, 0.3) is 21.9 Å². The lowest BCUT2D eigenvalue weighted by Crippen LogP contribution is -1.81. The fourth-order valence-electron chi connectivity index (χ4n) is 1.77. The van der Waals surface area contributed by atoms with Gasteiger partial charge in [-0.05, 0) is 18.2 Å². The van der Waals surface area contributed by atoms with E-state index in [-0.39, 0.29) is 0 Å². The molecule has 0 radical (unpaired) electrons. The molecule has 3 nitrogen and oxygen atoms in total. The first-order valence-corrected chi connectivity index (χ1v) is 4.66. The van der Waals surface area contributed by atoms with Crippen molar-refractivity contribution in [1.29, 1.82) is 5.26 Å². The van der Waals surface area contributed by atoms with E-state index in [0.29, 0.717) is 5.69 Å². The second-order valence-electron chi connectivity index (χ2n) is 3.38. The molecule has 1 aromatic carbocycles. The minimum absolute atomic E-state index is 0.451. The van der Waals surface area contributed by atoms with Crippen LogP contribution < -0.4 is 0 Å². The molecule has 0 amide bonds. The predicted octanol–water partition coefficient (Wildman–Crippen LogP) is 2.59. The number of nitrogens with zero attached hydrogens (tertiary/aromatic N) is 2. The molecule has 0 fully saturated rings. The molecule has 0 spiro atoms. The first-order valence-electron chi connectivity index (χ1n) is 4.66. The molecule has 0 atom stereocenters. The maximum absolute atomic E-state index is 8.78. The molecule has 0 aliphatic heterocycles. The van der Waals surface area contributed by atoms with E-state index in [2.05, 4.69) is 9.97 Å². The van der Waals surface area contributed by atoms with Crippen LogP contribution >= 0.6 is 0 Å². The molecule has 2 aromatic heterocycles. The zero-order valence-corrected chi connectivity index (χ0v) is 7.86. The SMILES string of the molecule is N#Cc1ccc2[nH]c3ccccc3c2n1. The molecule has 0 saturated heterocycles. The van der Waals surface area contributed by atoms with Gasteiger partial charge in [0, 0.05) is 10.9 Å². The number of para-hydroxylation sites is 1. The normalized spacial score (nSPS) is 10.6. The van der Waals surface area contributed by atoms with Crippen molar-refractivity contribution in [3.8, 4) is 6.07 Å². The molecule has 0 aliphatic rings. The number of hydrogen-bond donors (Lipinski definition) is 1. The Bertz CT molecular complexity index is 689. The van der Waals surface area contributed by atoms with Gasteiger partial charge in [0.15, 0.2) is 0 Å². The van der Waals surface area contributed by atoms with Gasteiger partial charge in [0.25, 0.3) is 0 Å². The standard InChI is InChI=1S/C12H7N3/c13-7-8-5-6-11-12(14-8)9-3-1-2-4-10(9)15-11/h1-6,15H. The molecule has 0 saturated carbocycles. The highest BCUT2D eigenvalue weighted by Crippen LogP contribution is 2.23. The van der Waals surface area contributed by atoms with Gasteiger partial charge in [-0.25, -0.2) is 4.98 Å². The Hall–Kier alpha value is -2.34. The van der Waals surface area contributed by atoms with Crippen LogP contribution in [0.4, 0.5) is 0 Å². The van der Waals surface area contributed by atoms with Crippen LogP contribution in [0.3, 0.4) is 0 Å². The summed E-state index contributed by atoms with van der Waals surface area (Å²) in [5.74, 6) is 0. The Morgan fingerprint density at radius 3 is 2.80 bits per heavy atom. The topological polar surface area (TPSA) is 52.5 Å². The third kappa shape index (κ3) is 1.09. The maximum Gasteiger partial charge on any atom is 0.141 e. The van der Waals surface area contributed by atoms with Crippen molar-refractivity contribution in [3.63, 3.8) is 0 Å². The Morgan fingerprint density at radius 1 is 1.07 bits per heavy atom. The Labute approximate surface area is 86.0 Å². The average Bonchev–Trinajstić information content (AvgIpc) is 2.66. The van der Waals surface area contributed by atoms with Crippen LogP contribution in [0.1, 0.15) is 5.69 Å². The predicted molar refractivity (Wildman–Crippen MR) is 58.3 cm³/mol. The number of aromatic amines is 1. The van der Waals surface area contributed by atoms with E-state index in [1.165, 1.54) is 0 Å². The van der Waals surface area contributed by atoms with Gasteiger partial charge in [0.1, 0.15) is 11.8 Å². The van der Waals surface area contributed by atoms with Crippen LogP contribution in [-0.4, -0.2) is 9.97 Å². The van der Waals surface area contributed by atoms with E-state index < -0.39 is 0 Å². The summed E-state index contributed by atoms with van der Waals surface area (Å²) < 4.78 is 0. The minimum atomic E-state index is 0.451. The van der Waals surface area contributed by atoms with E-state index >= 15 is 0 Å². The first-order chi connectivity index (χ1) is 7.38. The van der Waals surface area contributed by atoms with Crippen molar-refractivity contribution in [3.05, 3.63) is 42.1 Å². The van der Waals surface area contributed by atoms with Crippen LogP contribution in [-0.2, 0) is 0 Å². The molecular formula is C12H7N3. The molecule has 3 heteroatoms. The summed E-state index contributed by atoms with van der Waals surface area (Å²) in [4.78, 5) is 7.55. The number of H-pyrrole nitrogens is 1. The molecule has 1 N–H and O–H groups in total. The van der Waals surface area contributed by atoms with Crippen molar-refractivity contribution in [1.82, 2.24) is 9.97 Å². The zero-order chi connectivity index (χ0) is 10.3.